The minimum absolute atomic E-state index is 0.384. The van der Waals surface area contributed by atoms with Crippen molar-refractivity contribution >= 4 is 0 Å². The van der Waals surface area contributed by atoms with Crippen LogP contribution in [0.5, 0.6) is 0 Å². The van der Waals surface area contributed by atoms with E-state index in [0.29, 0.717) is 6.04 Å². The number of hydrogen-bond acceptors (Lipinski definition) is 3. The fourth-order valence-corrected chi connectivity index (χ4v) is 2.31. The maximum absolute atomic E-state index is 4.57. The van der Waals surface area contributed by atoms with Crippen LogP contribution in [-0.4, -0.2) is 20.8 Å². The molecule has 2 heterocycles. The highest BCUT2D eigenvalue weighted by molar-refractivity contribution is 5.64. The van der Waals surface area contributed by atoms with Gasteiger partial charge in [0.2, 0.25) is 0 Å². The molecule has 0 aliphatic heterocycles. The molecular formula is C16H22N4. The molecule has 3 rings (SSSR count). The van der Waals surface area contributed by atoms with E-state index in [1.807, 2.05) is 17.1 Å². The zero-order valence-corrected chi connectivity index (χ0v) is 12.4. The molecule has 2 aromatic rings. The van der Waals surface area contributed by atoms with Gasteiger partial charge in [0, 0.05) is 48.3 Å². The second-order valence-corrected chi connectivity index (χ2v) is 5.94. The van der Waals surface area contributed by atoms with Crippen LogP contribution in [0.2, 0.25) is 0 Å². The highest BCUT2D eigenvalue weighted by atomic mass is 15.3. The average Bonchev–Trinajstić information content (AvgIpc) is 3.18. The summed E-state index contributed by atoms with van der Waals surface area (Å²) in [5, 5.41) is 8.10. The molecule has 0 atom stereocenters. The summed E-state index contributed by atoms with van der Waals surface area (Å²) in [6.45, 7) is 7.25. The largest absolute Gasteiger partial charge is 0.310 e. The van der Waals surface area contributed by atoms with E-state index < -0.39 is 0 Å². The molecule has 0 bridgehead atoms. The van der Waals surface area contributed by atoms with Gasteiger partial charge >= 0.3 is 0 Å². The molecule has 106 valence electrons. The van der Waals surface area contributed by atoms with Gasteiger partial charge in [0.1, 0.15) is 0 Å². The fourth-order valence-electron chi connectivity index (χ4n) is 2.31. The molecule has 4 heteroatoms. The number of aromatic nitrogens is 3. The van der Waals surface area contributed by atoms with Crippen LogP contribution in [0.1, 0.15) is 44.0 Å². The molecule has 2 aromatic heterocycles. The van der Waals surface area contributed by atoms with E-state index >= 15 is 0 Å². The molecular weight excluding hydrogens is 248 g/mol. The summed E-state index contributed by atoms with van der Waals surface area (Å²) < 4.78 is 2.01. The molecule has 0 spiro atoms. The van der Waals surface area contributed by atoms with Crippen LogP contribution in [-0.2, 0) is 6.54 Å². The minimum atomic E-state index is 0.384. The lowest BCUT2D eigenvalue weighted by Crippen LogP contribution is -2.15. The van der Waals surface area contributed by atoms with E-state index in [9.17, 15) is 0 Å². The van der Waals surface area contributed by atoms with Gasteiger partial charge in [0.05, 0.1) is 5.69 Å². The van der Waals surface area contributed by atoms with Crippen LogP contribution < -0.4 is 5.32 Å². The van der Waals surface area contributed by atoms with Crippen LogP contribution in [0.15, 0.2) is 24.7 Å². The Morgan fingerprint density at radius 3 is 2.80 bits per heavy atom. The smallest absolute Gasteiger partial charge is 0.0672 e. The first-order chi connectivity index (χ1) is 9.63. The van der Waals surface area contributed by atoms with Gasteiger partial charge in [0.15, 0.2) is 0 Å². The second kappa shape index (κ2) is 5.37. The van der Waals surface area contributed by atoms with E-state index in [0.717, 1.165) is 23.8 Å². The van der Waals surface area contributed by atoms with E-state index in [2.05, 4.69) is 48.4 Å². The lowest BCUT2D eigenvalue weighted by Gasteiger charge is -2.05. The zero-order chi connectivity index (χ0) is 14.1. The third kappa shape index (κ3) is 2.90. The topological polar surface area (TPSA) is 42.7 Å². The average molecular weight is 270 g/mol. The van der Waals surface area contributed by atoms with Crippen molar-refractivity contribution in [3.8, 4) is 11.1 Å². The lowest BCUT2D eigenvalue weighted by molar-refractivity contribution is 0.529. The van der Waals surface area contributed by atoms with Gasteiger partial charge in [-0.1, -0.05) is 0 Å². The van der Waals surface area contributed by atoms with E-state index in [4.69, 9.17) is 0 Å². The quantitative estimate of drug-likeness (QED) is 0.908. The molecule has 1 aliphatic carbocycles. The Labute approximate surface area is 120 Å². The summed E-state index contributed by atoms with van der Waals surface area (Å²) >= 11 is 0. The summed E-state index contributed by atoms with van der Waals surface area (Å²) in [6, 6.07) is 3.33. The molecule has 0 saturated heterocycles. The third-order valence-corrected chi connectivity index (χ3v) is 3.72. The number of nitrogens with zero attached hydrogens (tertiary/aromatic N) is 3. The molecule has 0 aromatic carbocycles. The molecule has 4 nitrogen and oxygen atoms in total. The molecule has 0 radical (unpaired) electrons. The highest BCUT2D eigenvalue weighted by Crippen LogP contribution is 2.24. The predicted molar refractivity (Wildman–Crippen MR) is 80.4 cm³/mol. The first-order valence-corrected chi connectivity index (χ1v) is 7.37. The van der Waals surface area contributed by atoms with Crippen molar-refractivity contribution in [2.24, 2.45) is 0 Å². The van der Waals surface area contributed by atoms with E-state index in [-0.39, 0.29) is 0 Å². The summed E-state index contributed by atoms with van der Waals surface area (Å²) in [6.07, 6.45) is 8.62. The van der Waals surface area contributed by atoms with Crippen LogP contribution in [0.4, 0.5) is 0 Å². The van der Waals surface area contributed by atoms with Gasteiger partial charge in [0.25, 0.3) is 0 Å². The van der Waals surface area contributed by atoms with Crippen molar-refractivity contribution < 1.29 is 0 Å². The fraction of sp³-hybridized carbons (Fsp3) is 0.500. The lowest BCUT2D eigenvalue weighted by atomic mass is 10.1. The first-order valence-electron chi connectivity index (χ1n) is 7.37. The third-order valence-electron chi connectivity index (χ3n) is 3.72. The van der Waals surface area contributed by atoms with Crippen molar-refractivity contribution in [2.75, 3.05) is 0 Å². The Bertz CT molecular complexity index is 596. The van der Waals surface area contributed by atoms with Gasteiger partial charge in [-0.2, -0.15) is 5.10 Å². The zero-order valence-electron chi connectivity index (χ0n) is 12.4. The Hall–Kier alpha value is -1.68. The van der Waals surface area contributed by atoms with E-state index in [1.165, 1.54) is 24.0 Å². The SMILES string of the molecule is Cc1nn(C(C)C)cc1-c1cncc(CNC2CC2)c1. The van der Waals surface area contributed by atoms with Crippen molar-refractivity contribution in [3.63, 3.8) is 0 Å². The summed E-state index contributed by atoms with van der Waals surface area (Å²) in [5.74, 6) is 0. The Morgan fingerprint density at radius 1 is 1.35 bits per heavy atom. The highest BCUT2D eigenvalue weighted by Gasteiger charge is 2.20. The van der Waals surface area contributed by atoms with Crippen LogP contribution in [0, 0.1) is 6.92 Å². The first kappa shape index (κ1) is 13.3. The maximum atomic E-state index is 4.57. The van der Waals surface area contributed by atoms with E-state index in [1.54, 1.807) is 0 Å². The van der Waals surface area contributed by atoms with Gasteiger partial charge < -0.3 is 5.32 Å². The number of nitrogens with one attached hydrogen (secondary N) is 1. The Kier molecular flexibility index (Phi) is 3.57. The number of rotatable bonds is 5. The molecule has 1 saturated carbocycles. The monoisotopic (exact) mass is 270 g/mol. The number of pyridine rings is 1. The Morgan fingerprint density at radius 2 is 2.15 bits per heavy atom. The number of hydrogen-bond donors (Lipinski definition) is 1. The predicted octanol–water partition coefficient (Wildman–Crippen LogP) is 3.09. The van der Waals surface area contributed by atoms with Crippen LogP contribution in [0.3, 0.4) is 0 Å². The van der Waals surface area contributed by atoms with Gasteiger partial charge in [-0.15, -0.1) is 0 Å². The minimum Gasteiger partial charge on any atom is -0.310 e. The number of aryl methyl sites for hydroxylation is 1. The Balaban J connectivity index is 1.83. The van der Waals surface area contributed by atoms with Crippen molar-refractivity contribution in [3.05, 3.63) is 35.9 Å². The summed E-state index contributed by atoms with van der Waals surface area (Å²) in [4.78, 5) is 4.38. The summed E-state index contributed by atoms with van der Waals surface area (Å²) in [7, 11) is 0. The van der Waals surface area contributed by atoms with Gasteiger partial charge in [-0.25, -0.2) is 0 Å². The molecule has 1 N–H and O–H groups in total. The van der Waals surface area contributed by atoms with Crippen LogP contribution in [0.25, 0.3) is 11.1 Å². The standard InChI is InChI=1S/C16H22N4/c1-11(2)20-10-16(12(3)19-20)14-6-13(7-17-9-14)8-18-15-4-5-15/h6-7,9-11,15,18H,4-5,8H2,1-3H3. The normalized spacial score (nSPS) is 15.0. The molecule has 0 unspecified atom stereocenters. The molecule has 20 heavy (non-hydrogen) atoms. The summed E-state index contributed by atoms with van der Waals surface area (Å²) in [5.41, 5.74) is 4.64. The van der Waals surface area contributed by atoms with Crippen molar-refractivity contribution in [1.29, 1.82) is 0 Å². The second-order valence-electron chi connectivity index (χ2n) is 5.94. The van der Waals surface area contributed by atoms with Crippen LogP contribution >= 0.6 is 0 Å². The van der Waals surface area contributed by atoms with Crippen molar-refractivity contribution in [1.82, 2.24) is 20.1 Å². The molecule has 1 aliphatic rings. The molecule has 0 amide bonds. The molecule has 1 fully saturated rings. The van der Waals surface area contributed by atoms with Gasteiger partial charge in [-0.05, 0) is 45.2 Å². The maximum Gasteiger partial charge on any atom is 0.0672 e. The van der Waals surface area contributed by atoms with Crippen molar-refractivity contribution in [2.45, 2.75) is 52.2 Å². The van der Waals surface area contributed by atoms with Gasteiger partial charge in [-0.3, -0.25) is 9.67 Å².